The van der Waals surface area contributed by atoms with E-state index in [1.165, 1.54) is 36.4 Å². The molecule has 260 valence electrons. The molecule has 3 heterocycles. The third-order valence-corrected chi connectivity index (χ3v) is 8.76. The van der Waals surface area contributed by atoms with Crippen LogP contribution in [0.5, 0.6) is 5.75 Å². The monoisotopic (exact) mass is 675 g/mol. The van der Waals surface area contributed by atoms with Crippen LogP contribution in [0.15, 0.2) is 73.2 Å². The zero-order valence-electron chi connectivity index (χ0n) is 28.4. The van der Waals surface area contributed by atoms with Crippen molar-refractivity contribution < 1.29 is 27.9 Å². The van der Waals surface area contributed by atoms with E-state index >= 15 is 0 Å². The molecule has 2 aromatic carbocycles. The van der Waals surface area contributed by atoms with Gasteiger partial charge in [0.15, 0.2) is 0 Å². The number of imidazole rings is 1. The Morgan fingerprint density at radius 2 is 1.73 bits per heavy atom. The molecule has 4 unspecified atom stereocenters. The highest BCUT2D eigenvalue weighted by Gasteiger charge is 2.44. The molecule has 5 rings (SSSR count). The van der Waals surface area contributed by atoms with E-state index in [0.29, 0.717) is 24.4 Å². The lowest BCUT2D eigenvalue weighted by molar-refractivity contribution is -0.141. The Morgan fingerprint density at radius 1 is 1.06 bits per heavy atom. The fourth-order valence-corrected chi connectivity index (χ4v) is 5.86. The summed E-state index contributed by atoms with van der Waals surface area (Å²) in [5.41, 5.74) is 0.373. The maximum Gasteiger partial charge on any atom is 0.274 e. The predicted octanol–water partition coefficient (Wildman–Crippen LogP) is 3.88. The molecular weight excluding hydrogens is 632 g/mol. The highest BCUT2D eigenvalue weighted by Crippen LogP contribution is 2.29. The minimum Gasteiger partial charge on any atom is -0.489 e. The first-order valence-corrected chi connectivity index (χ1v) is 16.4. The van der Waals surface area contributed by atoms with Crippen LogP contribution in [0.4, 0.5) is 8.78 Å². The van der Waals surface area contributed by atoms with Gasteiger partial charge in [-0.05, 0) is 73.8 Å². The molecule has 1 aliphatic rings. The van der Waals surface area contributed by atoms with E-state index in [9.17, 15) is 23.2 Å². The molecular formula is C36H43F2N7O4. The first-order chi connectivity index (χ1) is 23.3. The highest BCUT2D eigenvalue weighted by molar-refractivity contribution is 5.93. The number of benzene rings is 2. The lowest BCUT2D eigenvalue weighted by Gasteiger charge is -2.37. The number of carbonyl (C=O) groups is 3. The van der Waals surface area contributed by atoms with Crippen molar-refractivity contribution in [2.75, 3.05) is 26.7 Å². The Kier molecular flexibility index (Phi) is 10.9. The van der Waals surface area contributed by atoms with Gasteiger partial charge in [-0.3, -0.25) is 18.8 Å². The zero-order chi connectivity index (χ0) is 35.3. The molecule has 0 aliphatic carbocycles. The van der Waals surface area contributed by atoms with Gasteiger partial charge in [0.25, 0.3) is 5.91 Å². The number of carbonyl (C=O) groups excluding carboxylic acids is 3. The third kappa shape index (κ3) is 8.77. The molecule has 1 aliphatic heterocycles. The van der Waals surface area contributed by atoms with Crippen molar-refractivity contribution in [1.82, 2.24) is 34.8 Å². The van der Waals surface area contributed by atoms with Gasteiger partial charge in [0.1, 0.15) is 35.2 Å². The molecule has 0 spiro atoms. The summed E-state index contributed by atoms with van der Waals surface area (Å²) in [6, 6.07) is 11.6. The van der Waals surface area contributed by atoms with E-state index in [4.69, 9.17) is 4.74 Å². The van der Waals surface area contributed by atoms with Crippen LogP contribution in [-0.2, 0) is 16.0 Å². The summed E-state index contributed by atoms with van der Waals surface area (Å²) in [5.74, 6) is -0.911. The first kappa shape index (κ1) is 35.4. The lowest BCUT2D eigenvalue weighted by Crippen LogP contribution is -2.59. The number of hydrogen-bond acceptors (Lipinski definition) is 7. The van der Waals surface area contributed by atoms with Crippen molar-refractivity contribution in [2.45, 2.75) is 64.8 Å². The largest absolute Gasteiger partial charge is 0.489 e. The molecule has 2 N–H and O–H groups in total. The van der Waals surface area contributed by atoms with E-state index < -0.39 is 35.5 Å². The van der Waals surface area contributed by atoms with Crippen LogP contribution >= 0.6 is 0 Å². The SMILES string of the molecule is CNC(C)C(=O)NC(C(=O)N1CC(Oc2ccc(F)cc2)CC1CN(CCc1ccc(F)cc1)C(=O)c1cn2cccnc2n1)C(C)(C)C. The lowest BCUT2D eigenvalue weighted by atomic mass is 9.85. The number of aromatic nitrogens is 3. The van der Waals surface area contributed by atoms with E-state index in [1.807, 2.05) is 20.8 Å². The van der Waals surface area contributed by atoms with Crippen molar-refractivity contribution in [2.24, 2.45) is 5.41 Å². The fourth-order valence-electron chi connectivity index (χ4n) is 5.86. The molecule has 4 atom stereocenters. The van der Waals surface area contributed by atoms with Gasteiger partial charge in [0.05, 0.1) is 18.6 Å². The number of fused-ring (bicyclic) bond motifs is 1. The predicted molar refractivity (Wildman–Crippen MR) is 180 cm³/mol. The van der Waals surface area contributed by atoms with Crippen molar-refractivity contribution >= 4 is 23.5 Å². The number of nitrogens with zero attached hydrogens (tertiary/aromatic N) is 5. The first-order valence-electron chi connectivity index (χ1n) is 16.4. The summed E-state index contributed by atoms with van der Waals surface area (Å²) in [7, 11) is 1.67. The van der Waals surface area contributed by atoms with Crippen molar-refractivity contribution in [3.8, 4) is 5.75 Å². The van der Waals surface area contributed by atoms with Gasteiger partial charge in [-0.25, -0.2) is 18.7 Å². The second kappa shape index (κ2) is 15.1. The Bertz CT molecular complexity index is 1720. The van der Waals surface area contributed by atoms with Gasteiger partial charge in [-0.2, -0.15) is 0 Å². The number of halogens is 2. The number of amides is 3. The van der Waals surface area contributed by atoms with Crippen molar-refractivity contribution in [1.29, 1.82) is 0 Å². The van der Waals surface area contributed by atoms with Gasteiger partial charge in [0.2, 0.25) is 17.6 Å². The molecule has 0 bridgehead atoms. The van der Waals surface area contributed by atoms with Crippen LogP contribution in [0.2, 0.25) is 0 Å². The maximum atomic E-state index is 14.5. The second-order valence-electron chi connectivity index (χ2n) is 13.5. The number of likely N-dealkylation sites (N-methyl/N-ethyl adjacent to an activating group) is 1. The Morgan fingerprint density at radius 3 is 2.37 bits per heavy atom. The van der Waals surface area contributed by atoms with Crippen LogP contribution in [0.3, 0.4) is 0 Å². The molecule has 1 saturated heterocycles. The van der Waals surface area contributed by atoms with E-state index in [2.05, 4.69) is 20.6 Å². The van der Waals surface area contributed by atoms with Crippen LogP contribution in [0.1, 0.15) is 50.2 Å². The smallest absolute Gasteiger partial charge is 0.274 e. The maximum absolute atomic E-state index is 14.5. The number of likely N-dealkylation sites (tertiary alicyclic amines) is 1. The average Bonchev–Trinajstić information content (AvgIpc) is 3.69. The van der Waals surface area contributed by atoms with Crippen LogP contribution in [0, 0.1) is 17.0 Å². The van der Waals surface area contributed by atoms with Gasteiger partial charge in [-0.1, -0.05) is 32.9 Å². The summed E-state index contributed by atoms with van der Waals surface area (Å²) in [6.45, 7) is 7.93. The summed E-state index contributed by atoms with van der Waals surface area (Å²) < 4.78 is 35.2. The topological polar surface area (TPSA) is 121 Å². The van der Waals surface area contributed by atoms with E-state index in [0.717, 1.165) is 5.56 Å². The van der Waals surface area contributed by atoms with Gasteiger partial charge >= 0.3 is 0 Å². The highest BCUT2D eigenvalue weighted by atomic mass is 19.1. The Hall–Kier alpha value is -4.91. The standard InChI is InChI=1S/C36H43F2N7O4/c1-23(39-5)32(46)42-31(36(2,3)4)34(48)45-21-29(49-28-13-11-26(38)12-14-28)19-27(45)20-43(18-15-24-7-9-25(37)10-8-24)33(47)30-22-44-17-6-16-40-35(44)41-30/h6-14,16-17,22-23,27,29,31,39H,15,18-21H2,1-5H3,(H,42,46). The number of nitrogens with one attached hydrogen (secondary N) is 2. The fraction of sp³-hybridized carbons (Fsp3) is 0.417. The van der Waals surface area contributed by atoms with E-state index in [-0.39, 0.29) is 48.9 Å². The second-order valence-corrected chi connectivity index (χ2v) is 13.5. The van der Waals surface area contributed by atoms with Crippen molar-refractivity contribution in [3.05, 3.63) is 96.1 Å². The Balaban J connectivity index is 1.46. The molecule has 49 heavy (non-hydrogen) atoms. The van der Waals surface area contributed by atoms with Crippen LogP contribution in [0.25, 0.3) is 5.78 Å². The summed E-state index contributed by atoms with van der Waals surface area (Å²) >= 11 is 0. The summed E-state index contributed by atoms with van der Waals surface area (Å²) in [6.07, 6.45) is 5.28. The van der Waals surface area contributed by atoms with Gasteiger partial charge < -0.3 is 25.2 Å². The summed E-state index contributed by atoms with van der Waals surface area (Å²) in [5, 5.41) is 5.85. The Labute approximate surface area is 284 Å². The molecule has 1 fully saturated rings. The van der Waals surface area contributed by atoms with Crippen LogP contribution in [-0.4, -0.2) is 92.8 Å². The molecule has 3 amide bonds. The quantitative estimate of drug-likeness (QED) is 0.234. The van der Waals surface area contributed by atoms with Crippen LogP contribution < -0.4 is 15.4 Å². The molecule has 4 aromatic rings. The normalized spacial score (nSPS) is 17.5. The van der Waals surface area contributed by atoms with Gasteiger partial charge in [-0.15, -0.1) is 0 Å². The zero-order valence-corrected chi connectivity index (χ0v) is 28.4. The van der Waals surface area contributed by atoms with Crippen molar-refractivity contribution in [3.63, 3.8) is 0 Å². The average molecular weight is 676 g/mol. The van der Waals surface area contributed by atoms with Gasteiger partial charge in [0, 0.05) is 38.1 Å². The number of ether oxygens (including phenoxy) is 1. The molecule has 11 nitrogen and oxygen atoms in total. The molecule has 0 saturated carbocycles. The van der Waals surface area contributed by atoms with E-state index in [1.54, 1.807) is 65.0 Å². The molecule has 2 aromatic heterocycles. The molecule has 0 radical (unpaired) electrons. The number of hydrogen-bond donors (Lipinski definition) is 2. The molecule has 13 heteroatoms. The number of rotatable bonds is 12. The third-order valence-electron chi connectivity index (χ3n) is 8.76. The minimum absolute atomic E-state index is 0.133. The summed E-state index contributed by atoms with van der Waals surface area (Å²) in [4.78, 5) is 53.6. The minimum atomic E-state index is -0.879.